The minimum Gasteiger partial charge on any atom is -0.453 e. The highest BCUT2D eigenvalue weighted by Gasteiger charge is 2.55. The van der Waals surface area contributed by atoms with E-state index in [-0.39, 0.29) is 41.1 Å². The zero-order valence-corrected chi connectivity index (χ0v) is 34.6. The highest BCUT2D eigenvalue weighted by Crippen LogP contribution is 2.58. The number of amides is 4. The predicted octanol–water partition coefficient (Wildman–Crippen LogP) is 6.47. The predicted molar refractivity (Wildman–Crippen MR) is 220 cm³/mol. The van der Waals surface area contributed by atoms with Crippen molar-refractivity contribution >= 4 is 35.0 Å². The first-order chi connectivity index (χ1) is 28.3. The van der Waals surface area contributed by atoms with Crippen LogP contribution in [0.15, 0.2) is 48.7 Å². The highest BCUT2D eigenvalue weighted by molar-refractivity contribution is 5.87. The van der Waals surface area contributed by atoms with Gasteiger partial charge >= 0.3 is 12.2 Å². The summed E-state index contributed by atoms with van der Waals surface area (Å²) in [7, 11) is 2.60. The average Bonchev–Trinajstić information content (AvgIpc) is 3.95. The zero-order valence-electron chi connectivity index (χ0n) is 34.6. The Labute approximate surface area is 344 Å². The van der Waals surface area contributed by atoms with Crippen LogP contribution < -0.4 is 10.6 Å². The molecule has 0 bridgehead atoms. The van der Waals surface area contributed by atoms with E-state index in [1.54, 1.807) is 0 Å². The van der Waals surface area contributed by atoms with E-state index >= 15 is 0 Å². The van der Waals surface area contributed by atoms with Gasteiger partial charge in [-0.05, 0) is 104 Å². The van der Waals surface area contributed by atoms with Crippen molar-refractivity contribution in [3.8, 4) is 23.1 Å². The molecule has 0 unspecified atom stereocenters. The van der Waals surface area contributed by atoms with Crippen molar-refractivity contribution in [1.29, 1.82) is 0 Å². The van der Waals surface area contributed by atoms with Gasteiger partial charge in [-0.1, -0.05) is 51.7 Å². The number of nitrogens with one attached hydrogen (secondary N) is 4. The number of hydrogen-bond acceptors (Lipinski definition) is 8. The number of aromatic amines is 2. The minimum atomic E-state index is -0.697. The number of fused-ring (bicyclic) bond motifs is 1. The molecule has 2 saturated heterocycles. The maximum Gasteiger partial charge on any atom is 0.407 e. The molecule has 4 fully saturated rings. The number of likely N-dealkylation sites (tertiary alicyclic amines) is 2. The van der Waals surface area contributed by atoms with E-state index in [1.165, 1.54) is 27.1 Å². The van der Waals surface area contributed by atoms with Crippen molar-refractivity contribution < 1.29 is 28.7 Å². The van der Waals surface area contributed by atoms with Crippen molar-refractivity contribution in [3.05, 3.63) is 71.4 Å². The quantitative estimate of drug-likeness (QED) is 0.132. The van der Waals surface area contributed by atoms with E-state index in [0.29, 0.717) is 24.9 Å². The Kier molecular flexibility index (Phi) is 10.9. The lowest BCUT2D eigenvalue weighted by atomic mass is 10.0. The third-order valence-corrected chi connectivity index (χ3v) is 12.7. The molecular formula is C45H54N8O6. The van der Waals surface area contributed by atoms with Gasteiger partial charge in [-0.15, -0.1) is 0 Å². The largest absolute Gasteiger partial charge is 0.453 e. The number of imidazole rings is 2. The molecule has 4 N–H and O–H groups in total. The molecule has 8 rings (SSSR count). The molecule has 2 aliphatic heterocycles. The van der Waals surface area contributed by atoms with E-state index in [2.05, 4.69) is 32.4 Å². The summed E-state index contributed by atoms with van der Waals surface area (Å²) in [6.07, 6.45) is 6.77. The third kappa shape index (κ3) is 8.38. The first kappa shape index (κ1) is 40.0. The van der Waals surface area contributed by atoms with Crippen LogP contribution in [0.2, 0.25) is 0 Å². The van der Waals surface area contributed by atoms with Crippen LogP contribution in [0, 0.1) is 40.9 Å². The number of hydrogen-bond donors (Lipinski definition) is 4. The summed E-state index contributed by atoms with van der Waals surface area (Å²) in [5.41, 5.74) is 5.26. The normalized spacial score (nSPS) is 21.7. The zero-order chi connectivity index (χ0) is 41.6. The molecule has 310 valence electrons. The molecule has 1 spiro atoms. The van der Waals surface area contributed by atoms with E-state index in [1.807, 2.05) is 86.2 Å². The molecule has 59 heavy (non-hydrogen) atoms. The molecule has 14 heteroatoms. The summed E-state index contributed by atoms with van der Waals surface area (Å²) in [6, 6.07) is 12.1. The molecule has 4 amide bonds. The Balaban J connectivity index is 0.959. The molecule has 4 heterocycles. The fraction of sp³-hybridized carbons (Fsp3) is 0.511. The van der Waals surface area contributed by atoms with Crippen molar-refractivity contribution in [3.63, 3.8) is 0 Å². The van der Waals surface area contributed by atoms with Gasteiger partial charge < -0.3 is 39.9 Å². The van der Waals surface area contributed by atoms with Gasteiger partial charge in [-0.3, -0.25) is 9.59 Å². The smallest absolute Gasteiger partial charge is 0.407 e. The molecule has 2 aliphatic carbocycles. The Morgan fingerprint density at radius 2 is 1.42 bits per heavy atom. The van der Waals surface area contributed by atoms with Gasteiger partial charge in [0.05, 0.1) is 49.2 Å². The minimum absolute atomic E-state index is 0.109. The maximum atomic E-state index is 14.0. The molecule has 0 radical (unpaired) electrons. The van der Waals surface area contributed by atoms with Crippen LogP contribution >= 0.6 is 0 Å². The monoisotopic (exact) mass is 802 g/mol. The number of carbonyl (C=O) groups excluding carboxylic acids is 4. The van der Waals surface area contributed by atoms with Crippen molar-refractivity contribution in [2.24, 2.45) is 29.1 Å². The van der Waals surface area contributed by atoms with Crippen LogP contribution in [0.5, 0.6) is 0 Å². The summed E-state index contributed by atoms with van der Waals surface area (Å²) < 4.78 is 9.63. The van der Waals surface area contributed by atoms with Crippen LogP contribution in [0.25, 0.3) is 22.3 Å². The fourth-order valence-corrected chi connectivity index (χ4v) is 8.90. The Morgan fingerprint density at radius 1 is 0.797 bits per heavy atom. The second-order valence-electron chi connectivity index (χ2n) is 17.6. The van der Waals surface area contributed by atoms with Crippen molar-refractivity contribution in [1.82, 2.24) is 40.4 Å². The van der Waals surface area contributed by atoms with E-state index in [9.17, 15) is 19.2 Å². The van der Waals surface area contributed by atoms with Gasteiger partial charge in [-0.2, -0.15) is 0 Å². The number of rotatable bonds is 10. The lowest BCUT2D eigenvalue weighted by molar-refractivity contribution is -0.136. The lowest BCUT2D eigenvalue weighted by Gasteiger charge is -2.30. The van der Waals surface area contributed by atoms with Crippen LogP contribution in [0.3, 0.4) is 0 Å². The Morgan fingerprint density at radius 3 is 2.03 bits per heavy atom. The number of ether oxygens (including phenoxy) is 2. The van der Waals surface area contributed by atoms with Gasteiger partial charge in [0, 0.05) is 24.2 Å². The Bertz CT molecular complexity index is 2290. The second-order valence-corrected chi connectivity index (χ2v) is 17.6. The van der Waals surface area contributed by atoms with Gasteiger partial charge in [0.25, 0.3) is 0 Å². The van der Waals surface area contributed by atoms with E-state index in [0.717, 1.165) is 70.7 Å². The topological polar surface area (TPSA) is 175 Å². The summed E-state index contributed by atoms with van der Waals surface area (Å²) in [5.74, 6) is 8.63. The fourth-order valence-electron chi connectivity index (χ4n) is 8.90. The molecule has 4 aliphatic rings. The first-order valence-electron chi connectivity index (χ1n) is 20.8. The number of benzene rings is 2. The number of H-pyrrole nitrogens is 2. The number of aromatic nitrogens is 4. The van der Waals surface area contributed by atoms with Gasteiger partial charge in [-0.25, -0.2) is 19.6 Å². The van der Waals surface area contributed by atoms with Gasteiger partial charge in [0.1, 0.15) is 23.7 Å². The number of methoxy groups -OCH3 is 2. The molecular weight excluding hydrogens is 749 g/mol. The number of nitrogens with zero attached hydrogens (tertiary/aromatic N) is 4. The van der Waals surface area contributed by atoms with Crippen molar-refractivity contribution in [2.75, 3.05) is 27.3 Å². The van der Waals surface area contributed by atoms with Crippen LogP contribution in [-0.2, 0) is 19.1 Å². The summed E-state index contributed by atoms with van der Waals surface area (Å²) in [6.45, 7) is 8.97. The molecule has 2 saturated carbocycles. The second kappa shape index (κ2) is 16.1. The summed E-state index contributed by atoms with van der Waals surface area (Å²) in [5, 5.41) is 5.49. The van der Waals surface area contributed by atoms with Crippen molar-refractivity contribution in [2.45, 2.75) is 90.4 Å². The van der Waals surface area contributed by atoms with E-state index < -0.39 is 24.3 Å². The first-order valence-corrected chi connectivity index (χ1v) is 20.8. The standard InChI is InChI=1S/C45H54N8O6/c1-25(2)37(50-43(56)58-5)41(54)52-23-31(29-14-15-29)20-35(52)40-47-32-16-11-28(19-33(32)48-40)8-7-27-9-12-30(13-10-27)34-22-46-39(49-34)36-21-45(17-18-45)24-53(36)42(55)38(26(3)4)51-44(57)59-6/h9-13,16,19,22,25-26,29,31,35-38H,14-15,17-18,20-21,23-24H2,1-6H3,(H,46,49)(H,47,48)(H,50,56)(H,51,57)/t31-,35+,36+,37+,38+/m1/s1. The lowest BCUT2D eigenvalue weighted by Crippen LogP contribution is -2.51. The molecule has 2 aromatic carbocycles. The van der Waals surface area contributed by atoms with Gasteiger partial charge in [0.2, 0.25) is 11.8 Å². The van der Waals surface area contributed by atoms with E-state index in [4.69, 9.17) is 19.4 Å². The highest BCUT2D eigenvalue weighted by atomic mass is 16.5. The summed E-state index contributed by atoms with van der Waals surface area (Å²) >= 11 is 0. The summed E-state index contributed by atoms with van der Waals surface area (Å²) in [4.78, 5) is 72.5. The van der Waals surface area contributed by atoms with Crippen LogP contribution in [0.1, 0.15) is 101 Å². The van der Waals surface area contributed by atoms with Crippen LogP contribution in [0.4, 0.5) is 9.59 Å². The molecule has 14 nitrogen and oxygen atoms in total. The number of alkyl carbamates (subject to hydrolysis) is 2. The average molecular weight is 803 g/mol. The molecule has 2 aromatic heterocycles. The number of carbonyl (C=O) groups is 4. The maximum absolute atomic E-state index is 14.0. The molecule has 4 aromatic rings. The third-order valence-electron chi connectivity index (χ3n) is 12.7. The van der Waals surface area contributed by atoms with Crippen LogP contribution in [-0.4, -0.2) is 93.1 Å². The Hall–Kier alpha value is -5.84. The molecule has 5 atom stereocenters. The van der Waals surface area contributed by atoms with Gasteiger partial charge in [0.15, 0.2) is 0 Å². The SMILES string of the molecule is COC(=O)N[C@H](C(=O)N1CC2(CC2)C[C@H]1c1ncc(-c2ccc(C#Cc3ccc4nc([C@@H]5C[C@@H](C6CC6)CN5C(=O)[C@@H](NC(=O)OC)C(C)C)[nH]c4c3)cc2)[nH]1)C(C)C.